The Morgan fingerprint density at radius 1 is 1.18 bits per heavy atom. The van der Waals surface area contributed by atoms with E-state index < -0.39 is 10.8 Å². The summed E-state index contributed by atoms with van der Waals surface area (Å²) < 4.78 is 11.9. The van der Waals surface area contributed by atoms with Crippen molar-refractivity contribution in [1.82, 2.24) is 0 Å². The van der Waals surface area contributed by atoms with Crippen LogP contribution in [0.25, 0.3) is 0 Å². The third-order valence-electron chi connectivity index (χ3n) is 2.67. The van der Waals surface area contributed by atoms with Gasteiger partial charge in [0, 0.05) is 11.3 Å². The number of carbonyl (C=O) groups excluding carboxylic acids is 1. The van der Waals surface area contributed by atoms with Crippen LogP contribution in [0.5, 0.6) is 0 Å². The summed E-state index contributed by atoms with van der Waals surface area (Å²) in [5.74, 6) is 0.175. The molecule has 0 saturated heterocycles. The number of hydrogen-bond donors (Lipinski definition) is 0. The molecule has 0 bridgehead atoms. The summed E-state index contributed by atoms with van der Waals surface area (Å²) in [6.07, 6.45) is 0.450. The van der Waals surface area contributed by atoms with E-state index in [1.54, 1.807) is 6.92 Å². The molecule has 1 aromatic carbocycles. The molecular weight excluding hydrogens is 232 g/mol. The van der Waals surface area contributed by atoms with Gasteiger partial charge in [-0.3, -0.25) is 9.00 Å². The van der Waals surface area contributed by atoms with Gasteiger partial charge < -0.3 is 0 Å². The summed E-state index contributed by atoms with van der Waals surface area (Å²) in [6.45, 7) is 8.21. The second-order valence-electron chi connectivity index (χ2n) is 5.16. The Balaban J connectivity index is 2.81. The van der Waals surface area contributed by atoms with E-state index >= 15 is 0 Å². The van der Waals surface area contributed by atoms with Crippen molar-refractivity contribution in [1.29, 1.82) is 0 Å². The van der Waals surface area contributed by atoms with Crippen LogP contribution in [0.1, 0.15) is 39.7 Å². The summed E-state index contributed by atoms with van der Waals surface area (Å²) in [7, 11) is -1.20. The standard InChI is InChI=1S/C14H20O2S/c1-5-12(15)10-17(16)13-8-6-11(7-9-13)14(2,3)4/h6-9H,5,10H2,1-4H3. The van der Waals surface area contributed by atoms with Gasteiger partial charge in [-0.15, -0.1) is 0 Å². The van der Waals surface area contributed by atoms with Crippen molar-refractivity contribution in [2.24, 2.45) is 0 Å². The maximum Gasteiger partial charge on any atom is 0.145 e. The van der Waals surface area contributed by atoms with Crippen LogP contribution in [-0.2, 0) is 21.0 Å². The van der Waals surface area contributed by atoms with Gasteiger partial charge >= 0.3 is 0 Å². The predicted molar refractivity (Wildman–Crippen MR) is 71.7 cm³/mol. The fourth-order valence-corrected chi connectivity index (χ4v) is 2.54. The molecule has 0 aromatic heterocycles. The van der Waals surface area contributed by atoms with E-state index in [2.05, 4.69) is 20.8 Å². The van der Waals surface area contributed by atoms with E-state index in [1.807, 2.05) is 24.3 Å². The lowest BCUT2D eigenvalue weighted by Crippen LogP contribution is -2.12. The van der Waals surface area contributed by atoms with Gasteiger partial charge in [0.25, 0.3) is 0 Å². The van der Waals surface area contributed by atoms with Crippen molar-refractivity contribution >= 4 is 16.6 Å². The lowest BCUT2D eigenvalue weighted by Gasteiger charge is -2.18. The van der Waals surface area contributed by atoms with Gasteiger partial charge in [-0.1, -0.05) is 39.8 Å². The summed E-state index contributed by atoms with van der Waals surface area (Å²) in [4.78, 5) is 12.0. The molecule has 0 aliphatic heterocycles. The molecule has 0 N–H and O–H groups in total. The van der Waals surface area contributed by atoms with Crippen molar-refractivity contribution < 1.29 is 9.00 Å². The first-order valence-corrected chi connectivity index (χ1v) is 7.17. The molecule has 2 nitrogen and oxygen atoms in total. The first-order valence-electron chi connectivity index (χ1n) is 5.85. The summed E-state index contributed by atoms with van der Waals surface area (Å²) >= 11 is 0. The first-order chi connectivity index (χ1) is 7.84. The highest BCUT2D eigenvalue weighted by molar-refractivity contribution is 7.85. The molecule has 0 fully saturated rings. The fourth-order valence-electron chi connectivity index (χ4n) is 1.44. The van der Waals surface area contributed by atoms with Crippen LogP contribution in [0.2, 0.25) is 0 Å². The lowest BCUT2D eigenvalue weighted by atomic mass is 9.87. The smallest absolute Gasteiger partial charge is 0.145 e. The predicted octanol–water partition coefficient (Wildman–Crippen LogP) is 3.07. The van der Waals surface area contributed by atoms with Gasteiger partial charge in [-0.25, -0.2) is 0 Å². The van der Waals surface area contributed by atoms with Gasteiger partial charge in [0.05, 0.1) is 16.6 Å². The highest BCUT2D eigenvalue weighted by Gasteiger charge is 2.14. The quantitative estimate of drug-likeness (QED) is 0.825. The minimum atomic E-state index is -1.20. The lowest BCUT2D eigenvalue weighted by molar-refractivity contribution is -0.116. The van der Waals surface area contributed by atoms with Crippen molar-refractivity contribution in [3.63, 3.8) is 0 Å². The van der Waals surface area contributed by atoms with E-state index in [0.717, 1.165) is 4.90 Å². The van der Waals surface area contributed by atoms with Gasteiger partial charge in [-0.2, -0.15) is 0 Å². The van der Waals surface area contributed by atoms with Gasteiger partial charge in [0.15, 0.2) is 0 Å². The zero-order valence-corrected chi connectivity index (χ0v) is 11.8. The third kappa shape index (κ3) is 4.08. The Morgan fingerprint density at radius 3 is 2.12 bits per heavy atom. The van der Waals surface area contributed by atoms with Crippen molar-refractivity contribution in [3.8, 4) is 0 Å². The average Bonchev–Trinajstić information content (AvgIpc) is 2.27. The zero-order chi connectivity index (χ0) is 13.1. The topological polar surface area (TPSA) is 34.1 Å². The fraction of sp³-hybridized carbons (Fsp3) is 0.500. The van der Waals surface area contributed by atoms with Gasteiger partial charge in [0.2, 0.25) is 0 Å². The van der Waals surface area contributed by atoms with E-state index in [9.17, 15) is 9.00 Å². The highest BCUT2D eigenvalue weighted by Crippen LogP contribution is 2.23. The van der Waals surface area contributed by atoms with E-state index in [0.29, 0.717) is 6.42 Å². The Kier molecular flexibility index (Phi) is 4.63. The second-order valence-corrected chi connectivity index (χ2v) is 6.61. The van der Waals surface area contributed by atoms with Crippen LogP contribution < -0.4 is 0 Å². The van der Waals surface area contributed by atoms with Crippen molar-refractivity contribution in [2.45, 2.75) is 44.4 Å². The van der Waals surface area contributed by atoms with Crippen molar-refractivity contribution in [3.05, 3.63) is 29.8 Å². The molecule has 0 heterocycles. The van der Waals surface area contributed by atoms with Crippen LogP contribution in [0.4, 0.5) is 0 Å². The average molecular weight is 252 g/mol. The van der Waals surface area contributed by atoms with Crippen LogP contribution >= 0.6 is 0 Å². The molecule has 94 valence electrons. The minimum Gasteiger partial charge on any atom is -0.299 e. The number of ketones is 1. The maximum absolute atomic E-state index is 11.9. The highest BCUT2D eigenvalue weighted by atomic mass is 32.2. The number of carbonyl (C=O) groups is 1. The Hall–Kier alpha value is -0.960. The molecule has 0 radical (unpaired) electrons. The summed E-state index contributed by atoms with van der Waals surface area (Å²) in [5.41, 5.74) is 1.30. The molecule has 0 saturated carbocycles. The molecule has 17 heavy (non-hydrogen) atoms. The molecule has 1 aromatic rings. The minimum absolute atomic E-state index is 0.0447. The zero-order valence-electron chi connectivity index (χ0n) is 10.9. The summed E-state index contributed by atoms with van der Waals surface area (Å²) in [5, 5.41) is 0. The maximum atomic E-state index is 11.9. The number of rotatable bonds is 4. The molecular formula is C14H20O2S. The molecule has 1 atom stereocenters. The number of Topliss-reactive ketones (excluding diaryl/α,β-unsaturated/α-hetero) is 1. The summed E-state index contributed by atoms with van der Waals surface area (Å²) in [6, 6.07) is 7.70. The third-order valence-corrected chi connectivity index (χ3v) is 4.05. The molecule has 0 amide bonds. The molecule has 1 unspecified atom stereocenters. The molecule has 0 spiro atoms. The molecule has 3 heteroatoms. The van der Waals surface area contributed by atoms with Crippen LogP contribution in [0.15, 0.2) is 29.2 Å². The van der Waals surface area contributed by atoms with Crippen molar-refractivity contribution in [2.75, 3.05) is 5.75 Å². The normalized spacial score (nSPS) is 13.4. The monoisotopic (exact) mass is 252 g/mol. The largest absolute Gasteiger partial charge is 0.299 e. The van der Waals surface area contributed by atoms with Crippen LogP contribution in [-0.4, -0.2) is 15.7 Å². The molecule has 1 rings (SSSR count). The Bertz CT molecular complexity index is 413. The Labute approximate surface area is 106 Å². The van der Waals surface area contributed by atoms with Gasteiger partial charge in [-0.05, 0) is 23.1 Å². The SMILES string of the molecule is CCC(=O)CS(=O)c1ccc(C(C)(C)C)cc1. The first kappa shape index (κ1) is 14.1. The van der Waals surface area contributed by atoms with Crippen LogP contribution in [0, 0.1) is 0 Å². The van der Waals surface area contributed by atoms with E-state index in [-0.39, 0.29) is 17.0 Å². The van der Waals surface area contributed by atoms with Gasteiger partial charge in [0.1, 0.15) is 5.78 Å². The second kappa shape index (κ2) is 5.58. The number of benzene rings is 1. The molecule has 0 aliphatic carbocycles. The Morgan fingerprint density at radius 2 is 1.71 bits per heavy atom. The van der Waals surface area contributed by atoms with E-state index in [4.69, 9.17) is 0 Å². The molecule has 0 aliphatic rings. The van der Waals surface area contributed by atoms with E-state index in [1.165, 1.54) is 5.56 Å². The van der Waals surface area contributed by atoms with Crippen LogP contribution in [0.3, 0.4) is 0 Å². The number of hydrogen-bond acceptors (Lipinski definition) is 2.